The fraction of sp³-hybridized carbons (Fsp3) is 0.125. The van der Waals surface area contributed by atoms with E-state index in [-0.39, 0.29) is 28.6 Å². The molecular formula is C32H28N2O6S. The highest BCUT2D eigenvalue weighted by molar-refractivity contribution is 7.87. The van der Waals surface area contributed by atoms with Crippen molar-refractivity contribution in [1.29, 1.82) is 5.26 Å². The van der Waals surface area contributed by atoms with Gasteiger partial charge in [-0.1, -0.05) is 54.1 Å². The van der Waals surface area contributed by atoms with Crippen LogP contribution in [0, 0.1) is 18.3 Å². The molecule has 0 radical (unpaired) electrons. The van der Waals surface area contributed by atoms with Crippen molar-refractivity contribution in [3.05, 3.63) is 119 Å². The number of nitrogens with one attached hydrogen (secondary N) is 1. The second kappa shape index (κ2) is 13.3. The fourth-order valence-corrected chi connectivity index (χ4v) is 4.65. The third-order valence-electron chi connectivity index (χ3n) is 5.81. The van der Waals surface area contributed by atoms with E-state index in [1.54, 1.807) is 43.3 Å². The van der Waals surface area contributed by atoms with Gasteiger partial charge in [0, 0.05) is 5.69 Å². The number of nitriles is 1. The Morgan fingerprint density at radius 1 is 0.902 bits per heavy atom. The smallest absolute Gasteiger partial charge is 0.339 e. The summed E-state index contributed by atoms with van der Waals surface area (Å²) in [6.07, 6.45) is 1.38. The minimum absolute atomic E-state index is 0.00810. The summed E-state index contributed by atoms with van der Waals surface area (Å²) in [6, 6.07) is 29.2. The highest BCUT2D eigenvalue weighted by Crippen LogP contribution is 2.32. The van der Waals surface area contributed by atoms with Gasteiger partial charge in [0.1, 0.15) is 28.9 Å². The summed E-state index contributed by atoms with van der Waals surface area (Å²) in [5, 5.41) is 12.3. The van der Waals surface area contributed by atoms with Crippen molar-refractivity contribution in [2.45, 2.75) is 25.3 Å². The van der Waals surface area contributed by atoms with E-state index in [1.807, 2.05) is 43.3 Å². The quantitative estimate of drug-likeness (QED) is 0.129. The summed E-state index contributed by atoms with van der Waals surface area (Å²) in [5.41, 5.74) is 2.73. The van der Waals surface area contributed by atoms with E-state index in [2.05, 4.69) is 5.32 Å². The lowest BCUT2D eigenvalue weighted by Crippen LogP contribution is -2.13. The number of ether oxygens (including phenoxy) is 2. The summed E-state index contributed by atoms with van der Waals surface area (Å²) < 4.78 is 42.2. The average molecular weight is 569 g/mol. The standard InChI is InChI=1S/C32H28N2O6S/c1-3-38-31-20-25(11-18-30(31)40-41(36,37)29-16-9-23(2)10-17-29)19-26(21-33)32(35)34-27-12-14-28(15-13-27)39-22-24-7-5-4-6-8-24/h4-20H,3,22H2,1-2H3,(H,34,35)/b26-19+. The number of nitrogens with zero attached hydrogens (tertiary/aromatic N) is 1. The molecule has 9 heteroatoms. The Kier molecular flexibility index (Phi) is 9.40. The number of hydrogen-bond acceptors (Lipinski definition) is 7. The van der Waals surface area contributed by atoms with Gasteiger partial charge >= 0.3 is 10.1 Å². The van der Waals surface area contributed by atoms with E-state index in [0.29, 0.717) is 23.6 Å². The van der Waals surface area contributed by atoms with Crippen LogP contribution in [0.25, 0.3) is 6.08 Å². The SMILES string of the molecule is CCOc1cc(/C=C(\C#N)C(=O)Nc2ccc(OCc3ccccc3)cc2)ccc1OS(=O)(=O)c1ccc(C)cc1. The van der Waals surface area contributed by atoms with Gasteiger partial charge in [-0.25, -0.2) is 0 Å². The molecule has 41 heavy (non-hydrogen) atoms. The van der Waals surface area contributed by atoms with Crippen molar-refractivity contribution in [2.75, 3.05) is 11.9 Å². The minimum atomic E-state index is -4.10. The lowest BCUT2D eigenvalue weighted by Gasteiger charge is -2.13. The van der Waals surface area contributed by atoms with Crippen LogP contribution in [0.1, 0.15) is 23.6 Å². The molecule has 0 unspecified atom stereocenters. The van der Waals surface area contributed by atoms with E-state index in [9.17, 15) is 18.5 Å². The molecule has 0 aromatic heterocycles. The highest BCUT2D eigenvalue weighted by atomic mass is 32.2. The predicted molar refractivity (Wildman–Crippen MR) is 156 cm³/mol. The van der Waals surface area contributed by atoms with E-state index in [4.69, 9.17) is 13.7 Å². The van der Waals surface area contributed by atoms with Gasteiger partial charge in [0.25, 0.3) is 5.91 Å². The molecule has 4 rings (SSSR count). The zero-order valence-corrected chi connectivity index (χ0v) is 23.4. The lowest BCUT2D eigenvalue weighted by atomic mass is 10.1. The summed E-state index contributed by atoms with van der Waals surface area (Å²) >= 11 is 0. The summed E-state index contributed by atoms with van der Waals surface area (Å²) in [5.74, 6) is 0.173. The number of carbonyl (C=O) groups excluding carboxylic acids is 1. The van der Waals surface area contributed by atoms with Crippen molar-refractivity contribution < 1.29 is 26.9 Å². The van der Waals surface area contributed by atoms with Crippen LogP contribution in [-0.4, -0.2) is 20.9 Å². The number of rotatable bonds is 11. The second-order valence-electron chi connectivity index (χ2n) is 8.91. The van der Waals surface area contributed by atoms with E-state index in [0.717, 1.165) is 11.1 Å². The summed E-state index contributed by atoms with van der Waals surface area (Å²) in [4.78, 5) is 12.8. The molecule has 208 valence electrons. The van der Waals surface area contributed by atoms with Crippen LogP contribution < -0.4 is 19.0 Å². The molecule has 0 aliphatic rings. The Morgan fingerprint density at radius 2 is 1.61 bits per heavy atom. The Labute approximate surface area is 239 Å². The molecule has 1 N–H and O–H groups in total. The molecule has 4 aromatic rings. The number of benzene rings is 4. The zero-order valence-electron chi connectivity index (χ0n) is 22.5. The maximum Gasteiger partial charge on any atom is 0.339 e. The van der Waals surface area contributed by atoms with Gasteiger partial charge in [-0.05, 0) is 79.6 Å². The van der Waals surface area contributed by atoms with Gasteiger partial charge in [0.05, 0.1) is 6.61 Å². The van der Waals surface area contributed by atoms with E-state index < -0.39 is 16.0 Å². The Balaban J connectivity index is 1.46. The van der Waals surface area contributed by atoms with Crippen LogP contribution >= 0.6 is 0 Å². The van der Waals surface area contributed by atoms with Gasteiger partial charge in [-0.15, -0.1) is 0 Å². The number of carbonyl (C=O) groups is 1. The first-order valence-electron chi connectivity index (χ1n) is 12.8. The van der Waals surface area contributed by atoms with Crippen LogP contribution in [0.15, 0.2) is 108 Å². The number of amides is 1. The zero-order chi connectivity index (χ0) is 29.2. The monoisotopic (exact) mass is 568 g/mol. The molecule has 4 aromatic carbocycles. The van der Waals surface area contributed by atoms with E-state index >= 15 is 0 Å². The molecule has 8 nitrogen and oxygen atoms in total. The van der Waals surface area contributed by atoms with Gasteiger partial charge in [-0.3, -0.25) is 4.79 Å². The van der Waals surface area contributed by atoms with Crippen molar-refractivity contribution in [2.24, 2.45) is 0 Å². The third-order valence-corrected chi connectivity index (χ3v) is 7.06. The molecule has 0 heterocycles. The maximum absolute atomic E-state index is 12.8. The highest BCUT2D eigenvalue weighted by Gasteiger charge is 2.20. The Bertz CT molecular complexity index is 1680. The van der Waals surface area contributed by atoms with Crippen molar-refractivity contribution >= 4 is 27.8 Å². The molecule has 0 atom stereocenters. The first-order chi connectivity index (χ1) is 19.8. The molecule has 0 fully saturated rings. The lowest BCUT2D eigenvalue weighted by molar-refractivity contribution is -0.112. The largest absolute Gasteiger partial charge is 0.490 e. The first-order valence-corrected chi connectivity index (χ1v) is 14.2. The second-order valence-corrected chi connectivity index (χ2v) is 10.5. The van der Waals surface area contributed by atoms with Crippen LogP contribution in [0.2, 0.25) is 0 Å². The van der Waals surface area contributed by atoms with Crippen LogP contribution in [0.4, 0.5) is 5.69 Å². The molecule has 0 bridgehead atoms. The predicted octanol–water partition coefficient (Wildman–Crippen LogP) is 6.29. The van der Waals surface area contributed by atoms with Crippen LogP contribution in [0.3, 0.4) is 0 Å². The third kappa shape index (κ3) is 7.97. The van der Waals surface area contributed by atoms with Crippen LogP contribution in [0.5, 0.6) is 17.2 Å². The first kappa shape index (κ1) is 28.9. The summed E-state index contributed by atoms with van der Waals surface area (Å²) in [7, 11) is -4.10. The Morgan fingerprint density at radius 3 is 2.27 bits per heavy atom. The number of anilines is 1. The van der Waals surface area contributed by atoms with Gasteiger partial charge in [0.2, 0.25) is 0 Å². The molecular weight excluding hydrogens is 540 g/mol. The van der Waals surface area contributed by atoms with Crippen molar-refractivity contribution in [3.8, 4) is 23.3 Å². The van der Waals surface area contributed by atoms with Crippen molar-refractivity contribution in [3.63, 3.8) is 0 Å². The molecule has 0 saturated carbocycles. The van der Waals surface area contributed by atoms with Crippen LogP contribution in [-0.2, 0) is 21.5 Å². The van der Waals surface area contributed by atoms with E-state index in [1.165, 1.54) is 36.4 Å². The number of hydrogen-bond donors (Lipinski definition) is 1. The fourth-order valence-electron chi connectivity index (χ4n) is 3.71. The molecule has 0 aliphatic heterocycles. The van der Waals surface area contributed by atoms with Gasteiger partial charge in [0.15, 0.2) is 11.5 Å². The number of aryl methyl sites for hydroxylation is 1. The van der Waals surface area contributed by atoms with Crippen molar-refractivity contribution in [1.82, 2.24) is 0 Å². The Hall–Kier alpha value is -5.07. The maximum atomic E-state index is 12.8. The molecule has 0 saturated heterocycles. The van der Waals surface area contributed by atoms with Gasteiger partial charge in [-0.2, -0.15) is 13.7 Å². The molecule has 0 aliphatic carbocycles. The van der Waals surface area contributed by atoms with Gasteiger partial charge < -0.3 is 19.0 Å². The normalized spacial score (nSPS) is 11.3. The molecule has 0 spiro atoms. The summed E-state index contributed by atoms with van der Waals surface area (Å²) in [6.45, 7) is 4.25. The minimum Gasteiger partial charge on any atom is -0.490 e. The molecule has 1 amide bonds. The topological polar surface area (TPSA) is 115 Å². The average Bonchev–Trinajstić information content (AvgIpc) is 2.97.